The van der Waals surface area contributed by atoms with Crippen molar-refractivity contribution in [3.05, 3.63) is 129 Å². The van der Waals surface area contributed by atoms with Crippen LogP contribution in [0.25, 0.3) is 0 Å². The van der Waals surface area contributed by atoms with Crippen LogP contribution in [0.15, 0.2) is 84.9 Å². The van der Waals surface area contributed by atoms with E-state index in [0.717, 1.165) is 37.1 Å². The third-order valence-corrected chi connectivity index (χ3v) is 7.72. The Morgan fingerprint density at radius 3 is 1.13 bits per heavy atom. The molecule has 38 heavy (non-hydrogen) atoms. The fraction of sp³-hybridized carbons (Fsp3) is 0.333. The van der Waals surface area contributed by atoms with Crippen LogP contribution in [0.5, 0.6) is 0 Å². The van der Waals surface area contributed by atoms with Crippen molar-refractivity contribution in [1.29, 1.82) is 0 Å². The van der Waals surface area contributed by atoms with Crippen molar-refractivity contribution in [2.75, 3.05) is 11.5 Å². The van der Waals surface area contributed by atoms with Crippen LogP contribution in [0, 0.1) is 0 Å². The Hall–Kier alpha value is -3.52. The zero-order chi connectivity index (χ0) is 26.7. The van der Waals surface area contributed by atoms with Gasteiger partial charge in [0.15, 0.2) is 0 Å². The van der Waals surface area contributed by atoms with Gasteiger partial charge >= 0.3 is 0 Å². The van der Waals surface area contributed by atoms with Gasteiger partial charge in [-0.2, -0.15) is 0 Å². The van der Waals surface area contributed by atoms with Crippen LogP contribution in [0.1, 0.15) is 84.0 Å². The van der Waals surface area contributed by atoms with E-state index in [2.05, 4.69) is 86.6 Å². The summed E-state index contributed by atoms with van der Waals surface area (Å²) in [6.07, 6.45) is 11.3. The molecule has 198 valence electrons. The first-order valence-electron chi connectivity index (χ1n) is 14.4. The Morgan fingerprint density at radius 2 is 0.763 bits per heavy atom. The molecule has 0 aliphatic rings. The Labute approximate surface area is 230 Å². The first-order chi connectivity index (χ1) is 18.5. The molecule has 4 N–H and O–H groups in total. The maximum atomic E-state index is 6.06. The van der Waals surface area contributed by atoms with Crippen molar-refractivity contribution in [3.8, 4) is 0 Å². The smallest absolute Gasteiger partial charge is 0.0346 e. The van der Waals surface area contributed by atoms with E-state index in [0.29, 0.717) is 0 Å². The number of anilines is 2. The SMILES string of the molecule is CCc1cc(Cc2ccc(CCCCCCc3ccc(Cc4ccc(N)c(CC)c4)cc3)cc2)ccc1N. The second kappa shape index (κ2) is 13.9. The minimum Gasteiger partial charge on any atom is -0.399 e. The second-order valence-electron chi connectivity index (χ2n) is 10.7. The highest BCUT2D eigenvalue weighted by atomic mass is 14.6. The van der Waals surface area contributed by atoms with Gasteiger partial charge in [0.05, 0.1) is 0 Å². The lowest BCUT2D eigenvalue weighted by atomic mass is 9.98. The summed E-state index contributed by atoms with van der Waals surface area (Å²) in [4.78, 5) is 0. The standard InChI is InChI=1S/C36H44N2/c1-3-33-25-31(19-21-35(33)37)23-29-15-11-27(12-16-29)9-7-5-6-8-10-28-13-17-30(18-14-28)24-32-20-22-36(38)34(4-2)26-32/h11-22,25-26H,3-10,23-24,37-38H2,1-2H3. The maximum Gasteiger partial charge on any atom is 0.0346 e. The van der Waals surface area contributed by atoms with Crippen molar-refractivity contribution >= 4 is 11.4 Å². The molecular weight excluding hydrogens is 460 g/mol. The molecule has 0 aliphatic heterocycles. The molecule has 0 radical (unpaired) electrons. The van der Waals surface area contributed by atoms with Gasteiger partial charge in [-0.25, -0.2) is 0 Å². The Balaban J connectivity index is 1.14. The van der Waals surface area contributed by atoms with E-state index in [1.807, 2.05) is 12.1 Å². The number of nitrogens with two attached hydrogens (primary N) is 2. The second-order valence-corrected chi connectivity index (χ2v) is 10.7. The summed E-state index contributed by atoms with van der Waals surface area (Å²) in [5, 5.41) is 0. The predicted molar refractivity (Wildman–Crippen MR) is 165 cm³/mol. The normalized spacial score (nSPS) is 11.1. The Morgan fingerprint density at radius 1 is 0.421 bits per heavy atom. The zero-order valence-corrected chi connectivity index (χ0v) is 23.3. The van der Waals surface area contributed by atoms with Gasteiger partial charge in [-0.1, -0.05) is 99.5 Å². The minimum atomic E-state index is 0.903. The molecule has 0 bridgehead atoms. The number of unbranched alkanes of at least 4 members (excludes halogenated alkanes) is 3. The van der Waals surface area contributed by atoms with E-state index in [4.69, 9.17) is 11.5 Å². The van der Waals surface area contributed by atoms with Crippen molar-refractivity contribution in [1.82, 2.24) is 0 Å². The van der Waals surface area contributed by atoms with Crippen LogP contribution in [0.3, 0.4) is 0 Å². The van der Waals surface area contributed by atoms with E-state index in [9.17, 15) is 0 Å². The predicted octanol–water partition coefficient (Wildman–Crippen LogP) is 8.50. The topological polar surface area (TPSA) is 52.0 Å². The Bertz CT molecular complexity index is 1180. The number of hydrogen-bond donors (Lipinski definition) is 2. The van der Waals surface area contributed by atoms with Gasteiger partial charge in [0.1, 0.15) is 0 Å². The third-order valence-electron chi connectivity index (χ3n) is 7.72. The molecule has 0 saturated heterocycles. The van der Waals surface area contributed by atoms with E-state index >= 15 is 0 Å². The molecular formula is C36H44N2. The highest BCUT2D eigenvalue weighted by Gasteiger charge is 2.04. The zero-order valence-electron chi connectivity index (χ0n) is 23.3. The quantitative estimate of drug-likeness (QED) is 0.142. The van der Waals surface area contributed by atoms with Gasteiger partial charge in [0.2, 0.25) is 0 Å². The first kappa shape index (κ1) is 27.5. The fourth-order valence-electron chi connectivity index (χ4n) is 5.28. The largest absolute Gasteiger partial charge is 0.399 e. The first-order valence-corrected chi connectivity index (χ1v) is 14.4. The van der Waals surface area contributed by atoms with E-state index in [1.54, 1.807) is 0 Å². The van der Waals surface area contributed by atoms with Gasteiger partial charge < -0.3 is 11.5 Å². The molecule has 2 heteroatoms. The molecule has 2 nitrogen and oxygen atoms in total. The lowest BCUT2D eigenvalue weighted by Gasteiger charge is -2.09. The minimum absolute atomic E-state index is 0.903. The van der Waals surface area contributed by atoms with Crippen LogP contribution in [-0.2, 0) is 38.5 Å². The fourth-order valence-corrected chi connectivity index (χ4v) is 5.28. The number of rotatable bonds is 13. The molecule has 0 heterocycles. The third kappa shape index (κ3) is 7.99. The maximum absolute atomic E-state index is 6.06. The molecule has 0 unspecified atom stereocenters. The summed E-state index contributed by atoms with van der Waals surface area (Å²) in [5.41, 5.74) is 24.7. The van der Waals surface area contributed by atoms with Gasteiger partial charge in [-0.05, 0) is 108 Å². The van der Waals surface area contributed by atoms with Crippen molar-refractivity contribution < 1.29 is 0 Å². The lowest BCUT2D eigenvalue weighted by molar-refractivity contribution is 0.640. The molecule has 0 atom stereocenters. The average molecular weight is 505 g/mol. The van der Waals surface area contributed by atoms with E-state index in [1.165, 1.54) is 83.0 Å². The average Bonchev–Trinajstić information content (AvgIpc) is 2.94. The molecule has 0 spiro atoms. The monoisotopic (exact) mass is 504 g/mol. The molecule has 0 fully saturated rings. The molecule has 4 rings (SSSR count). The Kier molecular flexibility index (Phi) is 10.0. The number of aryl methyl sites for hydroxylation is 4. The summed E-state index contributed by atoms with van der Waals surface area (Å²) in [7, 11) is 0. The molecule has 0 saturated carbocycles. The van der Waals surface area contributed by atoms with Gasteiger partial charge in [0, 0.05) is 11.4 Å². The number of nitrogen functional groups attached to an aromatic ring is 2. The number of benzene rings is 4. The van der Waals surface area contributed by atoms with Crippen molar-refractivity contribution in [2.24, 2.45) is 0 Å². The van der Waals surface area contributed by atoms with Crippen LogP contribution < -0.4 is 11.5 Å². The van der Waals surface area contributed by atoms with Gasteiger partial charge in [0.25, 0.3) is 0 Å². The van der Waals surface area contributed by atoms with Gasteiger partial charge in [-0.15, -0.1) is 0 Å². The van der Waals surface area contributed by atoms with Crippen LogP contribution >= 0.6 is 0 Å². The molecule has 4 aromatic rings. The summed E-state index contributed by atoms with van der Waals surface area (Å²) < 4.78 is 0. The molecule has 0 amide bonds. The highest BCUT2D eigenvalue weighted by molar-refractivity contribution is 5.50. The lowest BCUT2D eigenvalue weighted by Crippen LogP contribution is -1.96. The molecule has 0 aromatic heterocycles. The summed E-state index contributed by atoms with van der Waals surface area (Å²) in [6.45, 7) is 4.32. The van der Waals surface area contributed by atoms with Crippen molar-refractivity contribution in [3.63, 3.8) is 0 Å². The van der Waals surface area contributed by atoms with Gasteiger partial charge in [-0.3, -0.25) is 0 Å². The highest BCUT2D eigenvalue weighted by Crippen LogP contribution is 2.20. The molecule has 4 aromatic carbocycles. The van der Waals surface area contributed by atoms with E-state index in [-0.39, 0.29) is 0 Å². The van der Waals surface area contributed by atoms with Crippen LogP contribution in [0.4, 0.5) is 11.4 Å². The summed E-state index contributed by atoms with van der Waals surface area (Å²) in [6, 6.07) is 31.3. The summed E-state index contributed by atoms with van der Waals surface area (Å²) in [5.74, 6) is 0. The van der Waals surface area contributed by atoms with Crippen molar-refractivity contribution in [2.45, 2.75) is 78.1 Å². The number of hydrogen-bond acceptors (Lipinski definition) is 2. The van der Waals surface area contributed by atoms with Crippen LogP contribution in [0.2, 0.25) is 0 Å². The molecule has 0 aliphatic carbocycles. The van der Waals surface area contributed by atoms with E-state index < -0.39 is 0 Å². The van der Waals surface area contributed by atoms with Crippen LogP contribution in [-0.4, -0.2) is 0 Å². The summed E-state index contributed by atoms with van der Waals surface area (Å²) >= 11 is 0.